The van der Waals surface area contributed by atoms with Crippen LogP contribution in [0.25, 0.3) is 10.9 Å². The summed E-state index contributed by atoms with van der Waals surface area (Å²) in [6.45, 7) is 7.43. The van der Waals surface area contributed by atoms with Gasteiger partial charge in [0.2, 0.25) is 0 Å². The highest BCUT2D eigenvalue weighted by molar-refractivity contribution is 5.93. The van der Waals surface area contributed by atoms with Crippen LogP contribution in [0.5, 0.6) is 0 Å². The van der Waals surface area contributed by atoms with Crippen LogP contribution in [0.3, 0.4) is 0 Å². The quantitative estimate of drug-likeness (QED) is 0.687. The minimum atomic E-state index is -0.238. The van der Waals surface area contributed by atoms with Crippen molar-refractivity contribution in [3.05, 3.63) is 59.5 Å². The van der Waals surface area contributed by atoms with Gasteiger partial charge in [0.05, 0.1) is 12.6 Å². The molecule has 2 N–H and O–H groups in total. The Morgan fingerprint density at radius 1 is 1.22 bits per heavy atom. The summed E-state index contributed by atoms with van der Waals surface area (Å²) in [5, 5.41) is 6.95. The van der Waals surface area contributed by atoms with Gasteiger partial charge in [0, 0.05) is 47.8 Å². The highest BCUT2D eigenvalue weighted by Crippen LogP contribution is 2.23. The van der Waals surface area contributed by atoms with Crippen molar-refractivity contribution < 1.29 is 9.53 Å². The van der Waals surface area contributed by atoms with Crippen LogP contribution in [0, 0.1) is 13.8 Å². The van der Waals surface area contributed by atoms with Crippen molar-refractivity contribution in [1.82, 2.24) is 14.9 Å². The van der Waals surface area contributed by atoms with Gasteiger partial charge in [-0.1, -0.05) is 6.07 Å². The second kappa shape index (κ2) is 8.22. The average molecular weight is 366 g/mol. The van der Waals surface area contributed by atoms with E-state index < -0.39 is 0 Å². The van der Waals surface area contributed by atoms with Crippen molar-refractivity contribution in [3.63, 3.8) is 0 Å². The fourth-order valence-electron chi connectivity index (χ4n) is 3.15. The van der Waals surface area contributed by atoms with Crippen molar-refractivity contribution in [2.75, 3.05) is 19.0 Å². The number of benzene rings is 1. The number of rotatable bonds is 6. The number of ether oxygens (including phenoxy) is 1. The third-order valence-electron chi connectivity index (χ3n) is 4.67. The smallest absolute Gasteiger partial charge is 0.319 e. The van der Waals surface area contributed by atoms with E-state index in [9.17, 15) is 4.79 Å². The van der Waals surface area contributed by atoms with E-state index in [1.165, 1.54) is 5.69 Å². The maximum absolute atomic E-state index is 12.3. The highest BCUT2D eigenvalue weighted by atomic mass is 16.5. The predicted octanol–water partition coefficient (Wildman–Crippen LogP) is 4.18. The topological polar surface area (TPSA) is 68.2 Å². The van der Waals surface area contributed by atoms with Crippen molar-refractivity contribution in [1.29, 1.82) is 0 Å². The number of nitrogens with zero attached hydrogens (tertiary/aromatic N) is 2. The van der Waals surface area contributed by atoms with Crippen LogP contribution in [0.2, 0.25) is 0 Å². The zero-order valence-electron chi connectivity index (χ0n) is 16.2. The molecule has 142 valence electrons. The summed E-state index contributed by atoms with van der Waals surface area (Å²) in [6.07, 6.45) is 1.79. The number of methoxy groups -OCH3 is 1. The number of anilines is 1. The molecule has 0 fully saturated rings. The summed E-state index contributed by atoms with van der Waals surface area (Å²) < 4.78 is 7.40. The fourth-order valence-corrected chi connectivity index (χ4v) is 3.15. The Kier molecular flexibility index (Phi) is 5.76. The van der Waals surface area contributed by atoms with Gasteiger partial charge in [-0.15, -0.1) is 0 Å². The number of aryl methyl sites for hydroxylation is 2. The number of urea groups is 1. The molecule has 2 heterocycles. The van der Waals surface area contributed by atoms with E-state index in [2.05, 4.69) is 33.2 Å². The Bertz CT molecular complexity index is 931. The van der Waals surface area contributed by atoms with Crippen LogP contribution in [-0.4, -0.2) is 29.3 Å². The standard InChI is InChI=1S/C21H26N4O2/c1-14-5-6-17(13-22-14)16(3)23-21(26)24-19-7-8-20-18(12-19)11-15(2)25(20)9-10-27-4/h5-8,11-13,16H,9-10H2,1-4H3,(H2,23,24,26). The Hall–Kier alpha value is -2.86. The molecule has 1 unspecified atom stereocenters. The van der Waals surface area contributed by atoms with Crippen LogP contribution >= 0.6 is 0 Å². The Labute approximate surface area is 159 Å². The molecule has 6 nitrogen and oxygen atoms in total. The van der Waals surface area contributed by atoms with Gasteiger partial charge in [0.15, 0.2) is 0 Å². The van der Waals surface area contributed by atoms with Crippen LogP contribution in [0.15, 0.2) is 42.6 Å². The molecule has 0 radical (unpaired) electrons. The van der Waals surface area contributed by atoms with Gasteiger partial charge in [-0.3, -0.25) is 4.98 Å². The SMILES string of the molecule is COCCn1c(C)cc2cc(NC(=O)NC(C)c3ccc(C)nc3)ccc21. The molecule has 3 rings (SSSR count). The number of amides is 2. The van der Waals surface area contributed by atoms with E-state index in [1.807, 2.05) is 44.2 Å². The van der Waals surface area contributed by atoms with E-state index in [4.69, 9.17) is 4.74 Å². The lowest BCUT2D eigenvalue weighted by atomic mass is 10.1. The maximum Gasteiger partial charge on any atom is 0.319 e. The van der Waals surface area contributed by atoms with Gasteiger partial charge in [0.1, 0.15) is 0 Å². The number of nitrogens with one attached hydrogen (secondary N) is 2. The molecule has 1 aromatic carbocycles. The molecule has 0 spiro atoms. The molecule has 2 amide bonds. The van der Waals surface area contributed by atoms with Crippen molar-refractivity contribution in [2.24, 2.45) is 0 Å². The van der Waals surface area contributed by atoms with Crippen molar-refractivity contribution in [3.8, 4) is 0 Å². The van der Waals surface area contributed by atoms with E-state index in [-0.39, 0.29) is 12.1 Å². The van der Waals surface area contributed by atoms with Gasteiger partial charge in [-0.25, -0.2) is 4.79 Å². The Morgan fingerprint density at radius 2 is 2.04 bits per heavy atom. The van der Waals surface area contributed by atoms with Crippen molar-refractivity contribution in [2.45, 2.75) is 33.4 Å². The number of carbonyl (C=O) groups is 1. The average Bonchev–Trinajstić information content (AvgIpc) is 2.94. The number of aromatic nitrogens is 2. The summed E-state index contributed by atoms with van der Waals surface area (Å²) in [5.41, 5.74) is 4.99. The minimum absolute atomic E-state index is 0.126. The first-order chi connectivity index (χ1) is 13.0. The molecule has 3 aromatic rings. The summed E-state index contributed by atoms with van der Waals surface area (Å²) in [4.78, 5) is 16.6. The van der Waals surface area contributed by atoms with Crippen molar-refractivity contribution >= 4 is 22.6 Å². The third kappa shape index (κ3) is 4.46. The van der Waals surface area contributed by atoms with Crippen LogP contribution in [0.1, 0.15) is 29.9 Å². The predicted molar refractivity (Wildman–Crippen MR) is 108 cm³/mol. The summed E-state index contributed by atoms with van der Waals surface area (Å²) in [7, 11) is 1.70. The van der Waals surface area contributed by atoms with Crippen LogP contribution < -0.4 is 10.6 Å². The van der Waals surface area contributed by atoms with E-state index >= 15 is 0 Å². The molecule has 0 aliphatic heterocycles. The molecule has 2 aromatic heterocycles. The van der Waals surface area contributed by atoms with Crippen LogP contribution in [-0.2, 0) is 11.3 Å². The molecule has 6 heteroatoms. The molecule has 0 aliphatic rings. The lowest BCUT2D eigenvalue weighted by Gasteiger charge is -2.15. The molecule has 27 heavy (non-hydrogen) atoms. The Morgan fingerprint density at radius 3 is 2.74 bits per heavy atom. The molecular formula is C21H26N4O2. The van der Waals surface area contributed by atoms with Gasteiger partial charge in [-0.05, 0) is 56.7 Å². The molecular weight excluding hydrogens is 340 g/mol. The molecule has 0 saturated carbocycles. The first-order valence-electron chi connectivity index (χ1n) is 9.07. The monoisotopic (exact) mass is 366 g/mol. The zero-order valence-corrected chi connectivity index (χ0v) is 16.2. The van der Waals surface area contributed by atoms with Gasteiger partial charge in [0.25, 0.3) is 0 Å². The fraction of sp³-hybridized carbons (Fsp3) is 0.333. The molecule has 0 aliphatic carbocycles. The largest absolute Gasteiger partial charge is 0.383 e. The molecule has 1 atom stereocenters. The number of pyridine rings is 1. The Balaban J connectivity index is 1.68. The number of carbonyl (C=O) groups excluding carboxylic acids is 1. The van der Waals surface area contributed by atoms with Gasteiger partial charge in [-0.2, -0.15) is 0 Å². The second-order valence-corrected chi connectivity index (χ2v) is 6.76. The lowest BCUT2D eigenvalue weighted by molar-refractivity contribution is 0.188. The normalized spacial score (nSPS) is 12.1. The number of fused-ring (bicyclic) bond motifs is 1. The minimum Gasteiger partial charge on any atom is -0.383 e. The van der Waals surface area contributed by atoms with Gasteiger partial charge < -0.3 is 19.9 Å². The lowest BCUT2D eigenvalue weighted by Crippen LogP contribution is -2.31. The van der Waals surface area contributed by atoms with Crippen LogP contribution in [0.4, 0.5) is 10.5 Å². The second-order valence-electron chi connectivity index (χ2n) is 6.76. The van der Waals surface area contributed by atoms with Gasteiger partial charge >= 0.3 is 6.03 Å². The highest BCUT2D eigenvalue weighted by Gasteiger charge is 2.11. The first-order valence-corrected chi connectivity index (χ1v) is 9.07. The van der Waals surface area contributed by atoms with E-state index in [0.717, 1.165) is 34.4 Å². The zero-order chi connectivity index (χ0) is 19.4. The number of hydrogen-bond acceptors (Lipinski definition) is 3. The number of hydrogen-bond donors (Lipinski definition) is 2. The summed E-state index contributed by atoms with van der Waals surface area (Å²) >= 11 is 0. The third-order valence-corrected chi connectivity index (χ3v) is 4.67. The maximum atomic E-state index is 12.3. The molecule has 0 saturated heterocycles. The van der Waals surface area contributed by atoms with E-state index in [0.29, 0.717) is 6.61 Å². The van der Waals surface area contributed by atoms with E-state index in [1.54, 1.807) is 13.3 Å². The first kappa shape index (κ1) is 18.9. The molecule has 0 bridgehead atoms. The summed E-state index contributed by atoms with van der Waals surface area (Å²) in [5.74, 6) is 0. The summed E-state index contributed by atoms with van der Waals surface area (Å²) in [6, 6.07) is 11.6.